The molecule has 0 aliphatic carbocycles. The maximum atomic E-state index is 13.4. The van der Waals surface area contributed by atoms with Gasteiger partial charge in [-0.3, -0.25) is 14.4 Å². The van der Waals surface area contributed by atoms with E-state index in [2.05, 4.69) is 16.0 Å². The fourth-order valence-corrected chi connectivity index (χ4v) is 3.19. The Morgan fingerprint density at radius 1 is 1.17 bits per heavy atom. The van der Waals surface area contributed by atoms with Crippen molar-refractivity contribution < 1.29 is 23.5 Å². The number of anilines is 1. The number of hydrogen-bond acceptors (Lipinski definition) is 4. The minimum absolute atomic E-state index is 0.207. The Morgan fingerprint density at radius 3 is 2.76 bits per heavy atom. The third kappa shape index (κ3) is 4.90. The molecular formula is C21H22FN3O4. The van der Waals surface area contributed by atoms with Gasteiger partial charge in [-0.05, 0) is 49.2 Å². The number of nitrogens with one attached hydrogen (secondary N) is 3. The van der Waals surface area contributed by atoms with Gasteiger partial charge in [-0.25, -0.2) is 4.39 Å². The van der Waals surface area contributed by atoms with Crippen LogP contribution in [0.25, 0.3) is 0 Å². The topological polar surface area (TPSA) is 96.5 Å². The number of hydrogen-bond donors (Lipinski definition) is 3. The van der Waals surface area contributed by atoms with E-state index in [0.717, 1.165) is 0 Å². The zero-order valence-electron chi connectivity index (χ0n) is 16.0. The Hall–Kier alpha value is -3.42. The van der Waals surface area contributed by atoms with Crippen LogP contribution in [0.15, 0.2) is 42.5 Å². The summed E-state index contributed by atoms with van der Waals surface area (Å²) in [5.41, 5.74) is 1.53. The zero-order valence-corrected chi connectivity index (χ0v) is 16.0. The predicted octanol–water partition coefficient (Wildman–Crippen LogP) is 2.20. The number of amides is 3. The van der Waals surface area contributed by atoms with Crippen molar-refractivity contribution >= 4 is 23.4 Å². The maximum absolute atomic E-state index is 13.4. The Labute approximate surface area is 167 Å². The van der Waals surface area contributed by atoms with E-state index in [9.17, 15) is 18.8 Å². The molecule has 8 heteroatoms. The number of rotatable bonds is 8. The summed E-state index contributed by atoms with van der Waals surface area (Å²) in [5.74, 6) is -1.50. The molecule has 1 heterocycles. The van der Waals surface area contributed by atoms with E-state index >= 15 is 0 Å². The van der Waals surface area contributed by atoms with Gasteiger partial charge in [0, 0.05) is 12.2 Å². The van der Waals surface area contributed by atoms with Crippen molar-refractivity contribution in [2.24, 2.45) is 0 Å². The lowest BCUT2D eigenvalue weighted by atomic mass is 9.97. The molecule has 29 heavy (non-hydrogen) atoms. The van der Waals surface area contributed by atoms with Crippen LogP contribution in [0.1, 0.15) is 35.2 Å². The van der Waals surface area contributed by atoms with Gasteiger partial charge >= 0.3 is 0 Å². The van der Waals surface area contributed by atoms with E-state index in [-0.39, 0.29) is 24.9 Å². The van der Waals surface area contributed by atoms with E-state index in [0.29, 0.717) is 35.6 Å². The molecule has 7 nitrogen and oxygen atoms in total. The first-order valence-electron chi connectivity index (χ1n) is 9.36. The lowest BCUT2D eigenvalue weighted by molar-refractivity contribution is -0.121. The van der Waals surface area contributed by atoms with Crippen molar-refractivity contribution in [2.75, 3.05) is 25.0 Å². The molecule has 3 amide bonds. The highest BCUT2D eigenvalue weighted by atomic mass is 19.1. The molecule has 3 rings (SSSR count). The Bertz CT molecular complexity index is 932. The normalized spacial score (nSPS) is 14.7. The van der Waals surface area contributed by atoms with Crippen molar-refractivity contribution in [1.29, 1.82) is 0 Å². The molecule has 0 fully saturated rings. The van der Waals surface area contributed by atoms with Crippen LogP contribution >= 0.6 is 0 Å². The maximum Gasteiger partial charge on any atom is 0.255 e. The molecule has 3 N–H and O–H groups in total. The predicted molar refractivity (Wildman–Crippen MR) is 105 cm³/mol. The lowest BCUT2D eigenvalue weighted by Crippen LogP contribution is -2.37. The smallest absolute Gasteiger partial charge is 0.255 e. The second kappa shape index (κ2) is 9.18. The van der Waals surface area contributed by atoms with Gasteiger partial charge < -0.3 is 20.7 Å². The minimum Gasteiger partial charge on any atom is -0.493 e. The van der Waals surface area contributed by atoms with Gasteiger partial charge in [-0.1, -0.05) is 12.1 Å². The van der Waals surface area contributed by atoms with Gasteiger partial charge in [-0.2, -0.15) is 0 Å². The molecule has 0 aromatic heterocycles. The highest BCUT2D eigenvalue weighted by Gasteiger charge is 2.30. The summed E-state index contributed by atoms with van der Waals surface area (Å²) in [6, 6.07) is 10.9. The van der Waals surface area contributed by atoms with Crippen LogP contribution in [0.3, 0.4) is 0 Å². The first-order chi connectivity index (χ1) is 14.0. The van der Waals surface area contributed by atoms with Crippen molar-refractivity contribution in [3.05, 3.63) is 59.4 Å². The first-order valence-corrected chi connectivity index (χ1v) is 9.36. The van der Waals surface area contributed by atoms with Crippen molar-refractivity contribution in [1.82, 2.24) is 10.6 Å². The van der Waals surface area contributed by atoms with E-state index in [1.807, 2.05) is 6.92 Å². The molecule has 152 valence electrons. The SMILES string of the molecule is CCOc1ccccc1C(=O)NCC(=O)NCC[C@@H]1C(=O)Nc2ccc(F)cc21. The molecule has 1 atom stereocenters. The molecule has 1 aliphatic rings. The number of carbonyl (C=O) groups is 3. The Morgan fingerprint density at radius 2 is 1.97 bits per heavy atom. The molecule has 0 saturated carbocycles. The summed E-state index contributed by atoms with van der Waals surface area (Å²) < 4.78 is 18.9. The third-order valence-electron chi connectivity index (χ3n) is 4.56. The summed E-state index contributed by atoms with van der Waals surface area (Å²) in [5, 5.41) is 7.91. The summed E-state index contributed by atoms with van der Waals surface area (Å²) in [6.45, 7) is 2.26. The van der Waals surface area contributed by atoms with Gasteiger partial charge in [0.2, 0.25) is 11.8 Å². The fraction of sp³-hybridized carbons (Fsp3) is 0.286. The first kappa shape index (κ1) is 20.3. The Kier molecular flexibility index (Phi) is 6.43. The molecule has 2 aromatic rings. The van der Waals surface area contributed by atoms with Gasteiger partial charge in [0.25, 0.3) is 5.91 Å². The van der Waals surface area contributed by atoms with Crippen LogP contribution in [0.2, 0.25) is 0 Å². The summed E-state index contributed by atoms with van der Waals surface area (Å²) in [7, 11) is 0. The largest absolute Gasteiger partial charge is 0.493 e. The summed E-state index contributed by atoms with van der Waals surface area (Å²) in [4.78, 5) is 36.4. The number of para-hydroxylation sites is 1. The van der Waals surface area contributed by atoms with Crippen LogP contribution in [-0.2, 0) is 9.59 Å². The molecule has 0 saturated heterocycles. The molecule has 0 unspecified atom stereocenters. The van der Waals surface area contributed by atoms with E-state index in [4.69, 9.17) is 4.74 Å². The summed E-state index contributed by atoms with van der Waals surface area (Å²) in [6.07, 6.45) is 0.329. The second-order valence-corrected chi connectivity index (χ2v) is 6.52. The van der Waals surface area contributed by atoms with Crippen molar-refractivity contribution in [2.45, 2.75) is 19.3 Å². The van der Waals surface area contributed by atoms with Gasteiger partial charge in [0.15, 0.2) is 0 Å². The highest BCUT2D eigenvalue weighted by Crippen LogP contribution is 2.34. The standard InChI is InChI=1S/C21H22FN3O4/c1-2-29-18-6-4-3-5-15(18)20(27)24-12-19(26)23-10-9-14-16-11-13(22)7-8-17(16)25-21(14)28/h3-8,11,14H,2,9-10,12H2,1H3,(H,23,26)(H,24,27)(H,25,28)/t14-/m0/s1. The quantitative estimate of drug-likeness (QED) is 0.634. The van der Waals surface area contributed by atoms with Gasteiger partial charge in [-0.15, -0.1) is 0 Å². The van der Waals surface area contributed by atoms with Crippen LogP contribution in [0.5, 0.6) is 5.75 Å². The molecular weight excluding hydrogens is 377 g/mol. The third-order valence-corrected chi connectivity index (χ3v) is 4.56. The number of carbonyl (C=O) groups excluding carboxylic acids is 3. The van der Waals surface area contributed by atoms with Crippen LogP contribution < -0.4 is 20.7 Å². The number of halogens is 1. The van der Waals surface area contributed by atoms with Crippen LogP contribution in [0, 0.1) is 5.82 Å². The van der Waals surface area contributed by atoms with Crippen molar-refractivity contribution in [3.63, 3.8) is 0 Å². The van der Waals surface area contributed by atoms with Gasteiger partial charge in [0.1, 0.15) is 11.6 Å². The highest BCUT2D eigenvalue weighted by molar-refractivity contribution is 6.03. The van der Waals surface area contributed by atoms with E-state index in [1.54, 1.807) is 24.3 Å². The molecule has 1 aliphatic heterocycles. The van der Waals surface area contributed by atoms with E-state index < -0.39 is 17.6 Å². The molecule has 0 spiro atoms. The molecule has 0 radical (unpaired) electrons. The average Bonchev–Trinajstić information content (AvgIpc) is 3.01. The monoisotopic (exact) mass is 399 g/mol. The minimum atomic E-state index is -0.520. The van der Waals surface area contributed by atoms with Crippen LogP contribution in [-0.4, -0.2) is 37.4 Å². The number of fused-ring (bicyclic) bond motifs is 1. The van der Waals surface area contributed by atoms with Gasteiger partial charge in [0.05, 0.1) is 24.6 Å². The number of benzene rings is 2. The molecule has 2 aromatic carbocycles. The fourth-order valence-electron chi connectivity index (χ4n) is 3.19. The molecule has 0 bridgehead atoms. The zero-order chi connectivity index (χ0) is 20.8. The van der Waals surface area contributed by atoms with Crippen LogP contribution in [0.4, 0.5) is 10.1 Å². The lowest BCUT2D eigenvalue weighted by Gasteiger charge is -2.12. The second-order valence-electron chi connectivity index (χ2n) is 6.52. The van der Waals surface area contributed by atoms with E-state index in [1.165, 1.54) is 18.2 Å². The summed E-state index contributed by atoms with van der Waals surface area (Å²) >= 11 is 0. The average molecular weight is 399 g/mol. The van der Waals surface area contributed by atoms with Crippen molar-refractivity contribution in [3.8, 4) is 5.75 Å². The Balaban J connectivity index is 1.47. The number of ether oxygens (including phenoxy) is 1.